The average Bonchev–Trinajstić information content (AvgIpc) is 2.76. The summed E-state index contributed by atoms with van der Waals surface area (Å²) in [6.07, 6.45) is 0.201. The second-order valence-electron chi connectivity index (χ2n) is 7.19. The number of phenols is 1. The maximum absolute atomic E-state index is 13.0. The van der Waals surface area contributed by atoms with Crippen molar-refractivity contribution in [3.8, 4) is 17.6 Å². The number of hydrogen-bond acceptors (Lipinski definition) is 6. The highest BCUT2D eigenvalue weighted by atomic mass is 79.9. The van der Waals surface area contributed by atoms with Crippen molar-refractivity contribution < 1.29 is 14.6 Å². The van der Waals surface area contributed by atoms with E-state index in [-0.39, 0.29) is 24.0 Å². The van der Waals surface area contributed by atoms with Gasteiger partial charge in [0.15, 0.2) is 11.5 Å². The Hall–Kier alpha value is -2.47. The molecule has 1 fully saturated rings. The Morgan fingerprint density at radius 3 is 2.80 bits per heavy atom. The molecule has 2 aromatic carbocycles. The second kappa shape index (κ2) is 8.72. The van der Waals surface area contributed by atoms with Crippen LogP contribution in [-0.2, 0) is 11.3 Å². The first-order valence-electron chi connectivity index (χ1n) is 9.42. The highest BCUT2D eigenvalue weighted by molar-refractivity contribution is 9.10. The third-order valence-electron chi connectivity index (χ3n) is 5.27. The van der Waals surface area contributed by atoms with Crippen LogP contribution < -0.4 is 4.74 Å². The molecule has 0 radical (unpaired) electrons. The summed E-state index contributed by atoms with van der Waals surface area (Å²) in [5.74, 6) is 0.630. The number of halogens is 1. The smallest absolute Gasteiger partial charge is 0.229 e. The Balaban J connectivity index is 1.63. The van der Waals surface area contributed by atoms with Gasteiger partial charge in [-0.25, -0.2) is 0 Å². The molecule has 2 aliphatic rings. The standard InChI is InChI=1S/C22H20BrN3O3S/c1-29-19-8-15(7-18(23)21(19)28)16-9-20(27)26-12-25(11-14-5-3-2-4-6-14)13-30-22(26)17(16)10-24/h2-8,16,28H,9,11-13H2,1H3. The number of nitriles is 1. The van der Waals surface area contributed by atoms with E-state index in [1.54, 1.807) is 17.0 Å². The molecule has 1 atom stereocenters. The number of fused-ring (bicyclic) bond motifs is 1. The summed E-state index contributed by atoms with van der Waals surface area (Å²) < 4.78 is 5.72. The molecule has 0 aliphatic carbocycles. The molecule has 154 valence electrons. The molecular weight excluding hydrogens is 466 g/mol. The lowest BCUT2D eigenvalue weighted by Gasteiger charge is -2.41. The number of amides is 1. The van der Waals surface area contributed by atoms with E-state index in [4.69, 9.17) is 4.74 Å². The van der Waals surface area contributed by atoms with E-state index in [1.165, 1.54) is 24.4 Å². The summed E-state index contributed by atoms with van der Waals surface area (Å²) in [7, 11) is 1.47. The van der Waals surface area contributed by atoms with Gasteiger partial charge in [0.05, 0.1) is 40.8 Å². The van der Waals surface area contributed by atoms with Gasteiger partial charge >= 0.3 is 0 Å². The average molecular weight is 486 g/mol. The van der Waals surface area contributed by atoms with E-state index in [0.29, 0.717) is 28.3 Å². The van der Waals surface area contributed by atoms with Gasteiger partial charge in [-0.3, -0.25) is 14.6 Å². The summed E-state index contributed by atoms with van der Waals surface area (Å²) in [6, 6.07) is 15.9. The zero-order valence-electron chi connectivity index (χ0n) is 16.3. The van der Waals surface area contributed by atoms with Crippen LogP contribution in [0.5, 0.6) is 11.5 Å². The minimum Gasteiger partial charge on any atom is -0.503 e. The number of hydrogen-bond donors (Lipinski definition) is 1. The van der Waals surface area contributed by atoms with Gasteiger partial charge in [-0.1, -0.05) is 42.1 Å². The van der Waals surface area contributed by atoms with Crippen LogP contribution >= 0.6 is 27.7 Å². The number of aromatic hydroxyl groups is 1. The van der Waals surface area contributed by atoms with Crippen molar-refractivity contribution >= 4 is 33.6 Å². The van der Waals surface area contributed by atoms with Crippen LogP contribution in [0, 0.1) is 11.3 Å². The van der Waals surface area contributed by atoms with Crippen molar-refractivity contribution in [2.24, 2.45) is 0 Å². The number of carbonyl (C=O) groups is 1. The van der Waals surface area contributed by atoms with Crippen molar-refractivity contribution in [3.05, 3.63) is 68.7 Å². The zero-order valence-corrected chi connectivity index (χ0v) is 18.7. The Morgan fingerprint density at radius 2 is 2.10 bits per heavy atom. The number of ether oxygens (including phenoxy) is 1. The van der Waals surface area contributed by atoms with Gasteiger partial charge in [0, 0.05) is 18.9 Å². The number of methoxy groups -OCH3 is 1. The molecule has 1 unspecified atom stereocenters. The third kappa shape index (κ3) is 3.93. The van der Waals surface area contributed by atoms with E-state index in [9.17, 15) is 15.2 Å². The molecule has 8 heteroatoms. The van der Waals surface area contributed by atoms with E-state index < -0.39 is 0 Å². The molecule has 30 heavy (non-hydrogen) atoms. The molecule has 0 spiro atoms. The van der Waals surface area contributed by atoms with Gasteiger partial charge in [-0.15, -0.1) is 0 Å². The first-order chi connectivity index (χ1) is 14.5. The first kappa shape index (κ1) is 20.8. The van der Waals surface area contributed by atoms with Crippen LogP contribution in [0.25, 0.3) is 0 Å². The molecular formula is C22H20BrN3O3S. The number of rotatable bonds is 4. The van der Waals surface area contributed by atoms with Crippen molar-refractivity contribution in [1.82, 2.24) is 9.80 Å². The maximum atomic E-state index is 13.0. The number of thioether (sulfide) groups is 1. The van der Waals surface area contributed by atoms with Crippen LogP contribution in [0.4, 0.5) is 0 Å². The van der Waals surface area contributed by atoms with Crippen molar-refractivity contribution in [3.63, 3.8) is 0 Å². The van der Waals surface area contributed by atoms with Crippen molar-refractivity contribution in [2.75, 3.05) is 19.7 Å². The monoisotopic (exact) mass is 485 g/mol. The third-order valence-corrected chi connectivity index (χ3v) is 7.08. The molecule has 2 aromatic rings. The topological polar surface area (TPSA) is 76.8 Å². The fourth-order valence-corrected chi connectivity index (χ4v) is 5.38. The van der Waals surface area contributed by atoms with Gasteiger partial charge < -0.3 is 9.84 Å². The normalized spacial score (nSPS) is 19.4. The lowest BCUT2D eigenvalue weighted by molar-refractivity contribution is -0.131. The Kier molecular flexibility index (Phi) is 6.04. The Bertz CT molecular complexity index is 1050. The lowest BCUT2D eigenvalue weighted by Crippen LogP contribution is -2.46. The van der Waals surface area contributed by atoms with Crippen LogP contribution in [0.1, 0.15) is 23.5 Å². The molecule has 1 N–H and O–H groups in total. The highest BCUT2D eigenvalue weighted by Crippen LogP contribution is 2.45. The Labute approximate surface area is 187 Å². The number of benzene rings is 2. The lowest BCUT2D eigenvalue weighted by atomic mass is 9.86. The first-order valence-corrected chi connectivity index (χ1v) is 11.2. The SMILES string of the molecule is COc1cc(C2CC(=O)N3CN(Cc4ccccc4)CSC3=C2C#N)cc(Br)c1O. The van der Waals surface area contributed by atoms with E-state index in [2.05, 4.69) is 39.0 Å². The largest absolute Gasteiger partial charge is 0.503 e. The van der Waals surface area contributed by atoms with Gasteiger partial charge in [-0.2, -0.15) is 5.26 Å². The van der Waals surface area contributed by atoms with E-state index in [0.717, 1.165) is 17.1 Å². The predicted octanol–water partition coefficient (Wildman–Crippen LogP) is 4.38. The predicted molar refractivity (Wildman–Crippen MR) is 119 cm³/mol. The summed E-state index contributed by atoms with van der Waals surface area (Å²) in [5, 5.41) is 20.8. The summed E-state index contributed by atoms with van der Waals surface area (Å²) in [5.41, 5.74) is 2.54. The van der Waals surface area contributed by atoms with Crippen molar-refractivity contribution in [1.29, 1.82) is 5.26 Å². The van der Waals surface area contributed by atoms with E-state index >= 15 is 0 Å². The van der Waals surface area contributed by atoms with Gasteiger partial charge in [0.25, 0.3) is 0 Å². The minimum absolute atomic E-state index is 0.000214. The minimum atomic E-state index is -0.368. The molecule has 4 rings (SSSR count). The summed E-state index contributed by atoms with van der Waals surface area (Å²) >= 11 is 4.86. The second-order valence-corrected chi connectivity index (χ2v) is 8.98. The van der Waals surface area contributed by atoms with Crippen LogP contribution in [0.15, 0.2) is 57.5 Å². The highest BCUT2D eigenvalue weighted by Gasteiger charge is 2.38. The summed E-state index contributed by atoms with van der Waals surface area (Å²) in [6.45, 7) is 1.22. The number of carbonyl (C=O) groups excluding carboxylic acids is 1. The van der Waals surface area contributed by atoms with Gasteiger partial charge in [-0.05, 0) is 39.2 Å². The molecule has 0 aromatic heterocycles. The molecule has 1 saturated heterocycles. The fraction of sp³-hybridized carbons (Fsp3) is 0.273. The quantitative estimate of drug-likeness (QED) is 0.692. The molecule has 2 aliphatic heterocycles. The van der Waals surface area contributed by atoms with Crippen molar-refractivity contribution in [2.45, 2.75) is 18.9 Å². The fourth-order valence-electron chi connectivity index (χ4n) is 3.78. The molecule has 1 amide bonds. The number of phenolic OH excluding ortho intramolecular Hbond substituents is 1. The zero-order chi connectivity index (χ0) is 21.3. The molecule has 0 bridgehead atoms. The van der Waals surface area contributed by atoms with Crippen LogP contribution in [0.2, 0.25) is 0 Å². The maximum Gasteiger partial charge on any atom is 0.229 e. The van der Waals surface area contributed by atoms with Gasteiger partial charge in [0.2, 0.25) is 5.91 Å². The number of nitrogens with zero attached hydrogens (tertiary/aromatic N) is 3. The van der Waals surface area contributed by atoms with Crippen LogP contribution in [0.3, 0.4) is 0 Å². The van der Waals surface area contributed by atoms with E-state index in [1.807, 2.05) is 18.2 Å². The Morgan fingerprint density at radius 1 is 1.33 bits per heavy atom. The summed E-state index contributed by atoms with van der Waals surface area (Å²) in [4.78, 5) is 16.9. The van der Waals surface area contributed by atoms with Gasteiger partial charge in [0.1, 0.15) is 0 Å². The molecule has 0 saturated carbocycles. The van der Waals surface area contributed by atoms with Crippen LogP contribution in [-0.4, -0.2) is 40.5 Å². The number of allylic oxidation sites excluding steroid dienone is 1. The molecule has 6 nitrogen and oxygen atoms in total. The molecule has 2 heterocycles.